The Labute approximate surface area is 194 Å². The molecule has 33 heavy (non-hydrogen) atoms. The van der Waals surface area contributed by atoms with Crippen molar-refractivity contribution in [3.8, 4) is 0 Å². The number of halogens is 2. The number of methoxy groups -OCH3 is 1. The van der Waals surface area contributed by atoms with Crippen LogP contribution in [-0.4, -0.2) is 44.6 Å². The van der Waals surface area contributed by atoms with Crippen LogP contribution >= 0.6 is 0 Å². The number of carbonyl (C=O) groups is 1. The summed E-state index contributed by atoms with van der Waals surface area (Å²) < 4.78 is 43.8. The van der Waals surface area contributed by atoms with E-state index in [4.69, 9.17) is 14.2 Å². The van der Waals surface area contributed by atoms with Crippen LogP contribution < -0.4 is 5.32 Å². The van der Waals surface area contributed by atoms with Gasteiger partial charge in [-0.3, -0.25) is 4.90 Å². The predicted molar refractivity (Wildman–Crippen MR) is 124 cm³/mol. The molecule has 0 spiro atoms. The Morgan fingerprint density at radius 2 is 1.79 bits per heavy atom. The molecule has 0 saturated carbocycles. The summed E-state index contributed by atoms with van der Waals surface area (Å²) in [4.78, 5) is 14.8. The van der Waals surface area contributed by atoms with Gasteiger partial charge < -0.3 is 19.5 Å². The van der Waals surface area contributed by atoms with Gasteiger partial charge in [-0.15, -0.1) is 0 Å². The van der Waals surface area contributed by atoms with Crippen LogP contribution in [0.3, 0.4) is 0 Å². The Kier molecular flexibility index (Phi) is 12.4. The van der Waals surface area contributed by atoms with Crippen LogP contribution in [0.4, 0.5) is 19.3 Å². The van der Waals surface area contributed by atoms with Crippen molar-refractivity contribution in [2.75, 3.05) is 39.0 Å². The molecule has 0 fully saturated rings. The molecule has 0 aliphatic heterocycles. The fourth-order valence-corrected chi connectivity index (χ4v) is 3.29. The van der Waals surface area contributed by atoms with Crippen LogP contribution in [0, 0.1) is 11.6 Å². The molecule has 2 rings (SSSR count). The topological polar surface area (TPSA) is 60.0 Å². The molecular weight excluding hydrogens is 430 g/mol. The summed E-state index contributed by atoms with van der Waals surface area (Å²) in [6.45, 7) is 3.26. The van der Waals surface area contributed by atoms with Crippen molar-refractivity contribution in [2.45, 2.75) is 45.3 Å². The Balaban J connectivity index is 2.20. The van der Waals surface area contributed by atoms with Crippen molar-refractivity contribution in [1.82, 2.24) is 4.90 Å². The number of ether oxygens (including phenoxy) is 3. The minimum Gasteiger partial charge on any atom is -0.382 e. The number of rotatable bonds is 15. The van der Waals surface area contributed by atoms with E-state index < -0.39 is 23.9 Å². The van der Waals surface area contributed by atoms with Gasteiger partial charge in [-0.25, -0.2) is 13.6 Å². The molecule has 0 heterocycles. The second-order valence-corrected chi connectivity index (χ2v) is 7.61. The van der Waals surface area contributed by atoms with Gasteiger partial charge in [0.15, 0.2) is 6.23 Å². The summed E-state index contributed by atoms with van der Waals surface area (Å²) in [6.07, 6.45) is 4.27. The number of carbonyl (C=O) groups excluding carboxylic acids is 1. The van der Waals surface area contributed by atoms with Gasteiger partial charge in [0.05, 0.1) is 18.9 Å². The number of benzene rings is 2. The van der Waals surface area contributed by atoms with Gasteiger partial charge >= 0.3 is 6.03 Å². The molecule has 2 aromatic carbocycles. The predicted octanol–water partition coefficient (Wildman–Crippen LogP) is 6.11. The molecule has 1 unspecified atom stereocenters. The number of unbranched alkanes of at least 4 members (excludes halogenated alkanes) is 4. The maximum atomic E-state index is 14.2. The summed E-state index contributed by atoms with van der Waals surface area (Å²) in [6, 6.07) is 11.8. The Morgan fingerprint density at radius 1 is 1.03 bits per heavy atom. The zero-order valence-corrected chi connectivity index (χ0v) is 19.4. The average Bonchev–Trinajstić information content (AvgIpc) is 2.81. The van der Waals surface area contributed by atoms with Crippen molar-refractivity contribution in [1.29, 1.82) is 0 Å². The molecular formula is C25H34F2N2O4. The van der Waals surface area contributed by atoms with Gasteiger partial charge in [0, 0.05) is 25.3 Å². The van der Waals surface area contributed by atoms with Gasteiger partial charge in [-0.1, -0.05) is 62.9 Å². The van der Waals surface area contributed by atoms with Gasteiger partial charge in [-0.2, -0.15) is 0 Å². The van der Waals surface area contributed by atoms with Crippen molar-refractivity contribution in [3.63, 3.8) is 0 Å². The third-order valence-electron chi connectivity index (χ3n) is 5.05. The maximum absolute atomic E-state index is 14.2. The lowest BCUT2D eigenvalue weighted by atomic mass is 10.1. The molecule has 6 nitrogen and oxygen atoms in total. The molecule has 182 valence electrons. The molecule has 0 saturated heterocycles. The molecule has 0 aliphatic rings. The number of nitrogens with zero attached hydrogens (tertiary/aromatic N) is 1. The fourth-order valence-electron chi connectivity index (χ4n) is 3.29. The molecule has 0 bridgehead atoms. The van der Waals surface area contributed by atoms with Crippen molar-refractivity contribution in [2.24, 2.45) is 0 Å². The number of hydrogen-bond donors (Lipinski definition) is 1. The maximum Gasteiger partial charge on any atom is 0.324 e. The van der Waals surface area contributed by atoms with E-state index in [1.54, 1.807) is 7.11 Å². The zero-order chi connectivity index (χ0) is 23.9. The third-order valence-corrected chi connectivity index (χ3v) is 5.05. The van der Waals surface area contributed by atoms with Crippen LogP contribution in [0.15, 0.2) is 48.5 Å². The number of amides is 2. The molecule has 2 amide bonds. The normalized spacial score (nSPS) is 11.9. The highest BCUT2D eigenvalue weighted by atomic mass is 19.1. The van der Waals surface area contributed by atoms with E-state index >= 15 is 0 Å². The number of nitrogens with one attached hydrogen (secondary N) is 1. The summed E-state index contributed by atoms with van der Waals surface area (Å²) in [5, 5.41) is 2.56. The second-order valence-electron chi connectivity index (χ2n) is 7.61. The zero-order valence-electron chi connectivity index (χ0n) is 19.4. The SMILES string of the molecule is CCCCCCCN(C(=O)Nc1ccc(F)cc1F)C(OCOCCOC)c1ccccc1. The molecule has 8 heteroatoms. The van der Waals surface area contributed by atoms with E-state index in [9.17, 15) is 13.6 Å². The molecule has 1 atom stereocenters. The summed E-state index contributed by atoms with van der Waals surface area (Å²) in [5.74, 6) is -1.55. The summed E-state index contributed by atoms with van der Waals surface area (Å²) in [7, 11) is 1.58. The first-order valence-corrected chi connectivity index (χ1v) is 11.3. The lowest BCUT2D eigenvalue weighted by molar-refractivity contribution is -0.137. The second kappa shape index (κ2) is 15.3. The van der Waals surface area contributed by atoms with E-state index in [0.717, 1.165) is 49.8 Å². The van der Waals surface area contributed by atoms with Crippen LogP contribution in [0.1, 0.15) is 50.8 Å². The van der Waals surface area contributed by atoms with Crippen LogP contribution in [0.5, 0.6) is 0 Å². The van der Waals surface area contributed by atoms with Crippen molar-refractivity contribution < 1.29 is 27.8 Å². The van der Waals surface area contributed by atoms with E-state index in [0.29, 0.717) is 19.8 Å². The van der Waals surface area contributed by atoms with Gasteiger partial charge in [0.25, 0.3) is 0 Å². The summed E-state index contributed by atoms with van der Waals surface area (Å²) >= 11 is 0. The highest BCUT2D eigenvalue weighted by Crippen LogP contribution is 2.25. The Morgan fingerprint density at radius 3 is 2.48 bits per heavy atom. The minimum absolute atomic E-state index is 0.0482. The lowest BCUT2D eigenvalue weighted by Crippen LogP contribution is -2.40. The third kappa shape index (κ3) is 9.45. The number of hydrogen-bond acceptors (Lipinski definition) is 4. The van der Waals surface area contributed by atoms with Crippen molar-refractivity contribution in [3.05, 3.63) is 65.7 Å². The van der Waals surface area contributed by atoms with Crippen LogP contribution in [-0.2, 0) is 14.2 Å². The highest BCUT2D eigenvalue weighted by Gasteiger charge is 2.26. The quantitative estimate of drug-likeness (QED) is 0.255. The molecule has 1 N–H and O–H groups in total. The Bertz CT molecular complexity index is 823. The van der Waals surface area contributed by atoms with Gasteiger partial charge in [-0.05, 0) is 18.6 Å². The van der Waals surface area contributed by atoms with Gasteiger partial charge in [0.2, 0.25) is 0 Å². The number of urea groups is 1. The average molecular weight is 465 g/mol. The molecule has 2 aromatic rings. The first-order chi connectivity index (χ1) is 16.1. The standard InChI is InChI=1S/C25H34F2N2O4/c1-3-4-5-6-10-15-29(25(30)28-23-14-13-21(26)18-22(23)27)24(20-11-8-7-9-12-20)33-19-32-17-16-31-2/h7-9,11-14,18,24H,3-6,10,15-17,19H2,1-2H3,(H,28,30). The fraction of sp³-hybridized carbons (Fsp3) is 0.480. The largest absolute Gasteiger partial charge is 0.382 e. The van der Waals surface area contributed by atoms with E-state index in [2.05, 4.69) is 12.2 Å². The van der Waals surface area contributed by atoms with E-state index in [1.807, 2.05) is 30.3 Å². The smallest absolute Gasteiger partial charge is 0.324 e. The molecule has 0 aliphatic carbocycles. The van der Waals surface area contributed by atoms with Crippen LogP contribution in [0.2, 0.25) is 0 Å². The first-order valence-electron chi connectivity index (χ1n) is 11.3. The minimum atomic E-state index is -0.841. The monoisotopic (exact) mass is 464 g/mol. The molecule has 0 aromatic heterocycles. The van der Waals surface area contributed by atoms with E-state index in [-0.39, 0.29) is 12.5 Å². The number of anilines is 1. The van der Waals surface area contributed by atoms with E-state index in [1.165, 1.54) is 11.0 Å². The molecule has 0 radical (unpaired) electrons. The lowest BCUT2D eigenvalue weighted by Gasteiger charge is -2.32. The van der Waals surface area contributed by atoms with Crippen molar-refractivity contribution >= 4 is 11.7 Å². The highest BCUT2D eigenvalue weighted by molar-refractivity contribution is 5.89. The Hall–Kier alpha value is -2.55. The van der Waals surface area contributed by atoms with Crippen LogP contribution in [0.25, 0.3) is 0 Å². The van der Waals surface area contributed by atoms with Gasteiger partial charge in [0.1, 0.15) is 18.4 Å². The first kappa shape index (κ1) is 26.7. The summed E-state index contributed by atoms with van der Waals surface area (Å²) in [5.41, 5.74) is 0.664.